The smallest absolute Gasteiger partial charge is 0.290 e. The van der Waals surface area contributed by atoms with Gasteiger partial charge in [0.15, 0.2) is 0 Å². The zero-order chi connectivity index (χ0) is 14.7. The van der Waals surface area contributed by atoms with Crippen LogP contribution in [0, 0.1) is 17.0 Å². The fourth-order valence-electron chi connectivity index (χ4n) is 1.90. The van der Waals surface area contributed by atoms with Gasteiger partial charge in [0.25, 0.3) is 5.69 Å². The van der Waals surface area contributed by atoms with E-state index in [1.54, 1.807) is 13.0 Å². The van der Waals surface area contributed by atoms with Gasteiger partial charge in [0.1, 0.15) is 12.0 Å². The van der Waals surface area contributed by atoms with Crippen LogP contribution in [0.4, 0.5) is 11.5 Å². The number of anilines is 1. The number of benzene rings is 1. The van der Waals surface area contributed by atoms with Crippen molar-refractivity contribution in [2.45, 2.75) is 19.9 Å². The molecule has 5 nitrogen and oxygen atoms in total. The molecule has 6 heteroatoms. The molecular formula is C14H14ClN3O2. The highest BCUT2D eigenvalue weighted by molar-refractivity contribution is 6.30. The summed E-state index contributed by atoms with van der Waals surface area (Å²) in [5.41, 5.74) is 1.62. The highest BCUT2D eigenvalue weighted by atomic mass is 35.5. The van der Waals surface area contributed by atoms with Crippen molar-refractivity contribution in [1.29, 1.82) is 0 Å². The second kappa shape index (κ2) is 5.88. The monoisotopic (exact) mass is 291 g/mol. The van der Waals surface area contributed by atoms with Crippen molar-refractivity contribution in [3.8, 4) is 0 Å². The van der Waals surface area contributed by atoms with E-state index in [4.69, 9.17) is 11.6 Å². The molecule has 0 aliphatic carbocycles. The van der Waals surface area contributed by atoms with E-state index in [0.29, 0.717) is 16.4 Å². The molecule has 0 radical (unpaired) electrons. The van der Waals surface area contributed by atoms with E-state index in [1.807, 2.05) is 31.2 Å². The molecule has 2 aromatic rings. The Kier molecular flexibility index (Phi) is 4.20. The molecule has 1 unspecified atom stereocenters. The standard InChI is InChI=1S/C14H14ClN3O2/c1-9-6-14(16-8-13(9)18(19)20)17-10(2)11-4-3-5-12(15)7-11/h3-8,10H,1-2H3,(H,16,17). The van der Waals surface area contributed by atoms with E-state index >= 15 is 0 Å². The summed E-state index contributed by atoms with van der Waals surface area (Å²) in [7, 11) is 0. The molecule has 0 saturated heterocycles. The Bertz CT molecular complexity index is 646. The predicted molar refractivity (Wildman–Crippen MR) is 79.1 cm³/mol. The van der Waals surface area contributed by atoms with Crippen molar-refractivity contribution in [3.63, 3.8) is 0 Å². The highest BCUT2D eigenvalue weighted by Gasteiger charge is 2.13. The maximum atomic E-state index is 10.7. The second-order valence-corrected chi connectivity index (χ2v) is 4.97. The first-order valence-electron chi connectivity index (χ1n) is 6.10. The molecular weight excluding hydrogens is 278 g/mol. The van der Waals surface area contributed by atoms with Crippen molar-refractivity contribution < 1.29 is 4.92 Å². The summed E-state index contributed by atoms with van der Waals surface area (Å²) in [6.45, 7) is 3.67. The van der Waals surface area contributed by atoms with E-state index < -0.39 is 4.92 Å². The quantitative estimate of drug-likeness (QED) is 0.679. The minimum absolute atomic E-state index is 0.00190. The number of hydrogen-bond acceptors (Lipinski definition) is 4. The Hall–Kier alpha value is -2.14. The van der Waals surface area contributed by atoms with E-state index in [2.05, 4.69) is 10.3 Å². The van der Waals surface area contributed by atoms with Crippen LogP contribution in [0.25, 0.3) is 0 Å². The first-order chi connectivity index (χ1) is 9.47. The lowest BCUT2D eigenvalue weighted by atomic mass is 10.1. The normalized spacial score (nSPS) is 11.9. The molecule has 0 spiro atoms. The number of rotatable bonds is 4. The van der Waals surface area contributed by atoms with Gasteiger partial charge in [0.2, 0.25) is 0 Å². The molecule has 1 aromatic heterocycles. The maximum Gasteiger partial charge on any atom is 0.290 e. The first kappa shape index (κ1) is 14.3. The van der Waals surface area contributed by atoms with Crippen LogP contribution in [0.3, 0.4) is 0 Å². The molecule has 0 aliphatic heterocycles. The third-order valence-corrected chi connectivity index (χ3v) is 3.23. The van der Waals surface area contributed by atoms with Crippen molar-refractivity contribution in [1.82, 2.24) is 4.98 Å². The molecule has 0 saturated carbocycles. The third kappa shape index (κ3) is 3.24. The zero-order valence-electron chi connectivity index (χ0n) is 11.1. The molecule has 1 aromatic carbocycles. The van der Waals surface area contributed by atoms with E-state index in [-0.39, 0.29) is 11.7 Å². The van der Waals surface area contributed by atoms with Crippen LogP contribution in [-0.4, -0.2) is 9.91 Å². The third-order valence-electron chi connectivity index (χ3n) is 2.99. The second-order valence-electron chi connectivity index (χ2n) is 4.53. The summed E-state index contributed by atoms with van der Waals surface area (Å²) in [5, 5.41) is 14.6. The zero-order valence-corrected chi connectivity index (χ0v) is 11.9. The summed E-state index contributed by atoms with van der Waals surface area (Å²) >= 11 is 5.95. The Labute approximate surface area is 121 Å². The Morgan fingerprint density at radius 1 is 1.40 bits per heavy atom. The number of hydrogen-bond donors (Lipinski definition) is 1. The van der Waals surface area contributed by atoms with Crippen LogP contribution in [-0.2, 0) is 0 Å². The Morgan fingerprint density at radius 3 is 2.75 bits per heavy atom. The summed E-state index contributed by atoms with van der Waals surface area (Å²) in [4.78, 5) is 14.4. The van der Waals surface area contributed by atoms with Gasteiger partial charge in [0, 0.05) is 16.6 Å². The van der Waals surface area contributed by atoms with Crippen molar-refractivity contribution >= 4 is 23.1 Å². The van der Waals surface area contributed by atoms with Crippen LogP contribution in [0.1, 0.15) is 24.1 Å². The molecule has 0 aliphatic rings. The summed E-state index contributed by atoms with van der Waals surface area (Å²) in [5.74, 6) is 0.598. The van der Waals surface area contributed by atoms with Crippen molar-refractivity contribution in [2.24, 2.45) is 0 Å². The summed E-state index contributed by atoms with van der Waals surface area (Å²) in [6.07, 6.45) is 1.27. The molecule has 1 N–H and O–H groups in total. The average molecular weight is 292 g/mol. The topological polar surface area (TPSA) is 68.1 Å². The molecule has 0 amide bonds. The van der Waals surface area contributed by atoms with Gasteiger partial charge in [-0.15, -0.1) is 0 Å². The van der Waals surface area contributed by atoms with Gasteiger partial charge in [-0.2, -0.15) is 0 Å². The predicted octanol–water partition coefficient (Wildman–Crippen LogP) is 4.12. The molecule has 0 fully saturated rings. The van der Waals surface area contributed by atoms with Gasteiger partial charge >= 0.3 is 0 Å². The van der Waals surface area contributed by atoms with Gasteiger partial charge in [-0.3, -0.25) is 10.1 Å². The number of pyridine rings is 1. The maximum absolute atomic E-state index is 10.7. The van der Waals surface area contributed by atoms with E-state index in [1.165, 1.54) is 6.20 Å². The van der Waals surface area contributed by atoms with Crippen molar-refractivity contribution in [2.75, 3.05) is 5.32 Å². The number of nitrogens with one attached hydrogen (secondary N) is 1. The molecule has 1 atom stereocenters. The van der Waals surface area contributed by atoms with Crippen molar-refractivity contribution in [3.05, 3.63) is 62.8 Å². The van der Waals surface area contributed by atoms with E-state index in [9.17, 15) is 10.1 Å². The first-order valence-corrected chi connectivity index (χ1v) is 6.48. The van der Waals surface area contributed by atoms with Crippen LogP contribution >= 0.6 is 11.6 Å². The molecule has 1 heterocycles. The molecule has 0 bridgehead atoms. The number of aryl methyl sites for hydroxylation is 1. The van der Waals surface area contributed by atoms with Gasteiger partial charge in [0.05, 0.1) is 4.92 Å². The lowest BCUT2D eigenvalue weighted by Crippen LogP contribution is -2.08. The largest absolute Gasteiger partial charge is 0.364 e. The van der Waals surface area contributed by atoms with Crippen LogP contribution in [0.15, 0.2) is 36.5 Å². The average Bonchev–Trinajstić information content (AvgIpc) is 2.38. The number of halogens is 1. The number of nitrogens with zero attached hydrogens (tertiary/aromatic N) is 2. The highest BCUT2D eigenvalue weighted by Crippen LogP contribution is 2.23. The minimum Gasteiger partial charge on any atom is -0.364 e. The Balaban J connectivity index is 2.18. The van der Waals surface area contributed by atoms with Gasteiger partial charge in [-0.1, -0.05) is 23.7 Å². The van der Waals surface area contributed by atoms with Crippen LogP contribution in [0.5, 0.6) is 0 Å². The minimum atomic E-state index is -0.438. The van der Waals surface area contributed by atoms with Gasteiger partial charge < -0.3 is 5.32 Å². The molecule has 20 heavy (non-hydrogen) atoms. The Morgan fingerprint density at radius 2 is 2.15 bits per heavy atom. The number of nitro groups is 1. The summed E-state index contributed by atoms with van der Waals surface area (Å²) in [6, 6.07) is 9.19. The SMILES string of the molecule is Cc1cc(NC(C)c2cccc(Cl)c2)ncc1[N+](=O)[O-]. The fraction of sp³-hybridized carbons (Fsp3) is 0.214. The molecule has 104 valence electrons. The van der Waals surface area contributed by atoms with Gasteiger partial charge in [-0.25, -0.2) is 4.98 Å². The fourth-order valence-corrected chi connectivity index (χ4v) is 2.10. The molecule has 2 rings (SSSR count). The lowest BCUT2D eigenvalue weighted by molar-refractivity contribution is -0.385. The van der Waals surface area contributed by atoms with Crippen LogP contribution in [0.2, 0.25) is 5.02 Å². The van der Waals surface area contributed by atoms with Crippen LogP contribution < -0.4 is 5.32 Å². The van der Waals surface area contributed by atoms with Gasteiger partial charge in [-0.05, 0) is 37.6 Å². The number of aromatic nitrogens is 1. The van der Waals surface area contributed by atoms with E-state index in [0.717, 1.165) is 5.56 Å². The lowest BCUT2D eigenvalue weighted by Gasteiger charge is -2.15. The summed E-state index contributed by atoms with van der Waals surface area (Å²) < 4.78 is 0.